The smallest absolute Gasteiger partial charge is 0.263 e. The van der Waals surface area contributed by atoms with Gasteiger partial charge in [-0.3, -0.25) is 0 Å². The quantitative estimate of drug-likeness (QED) is 0.825. The molecule has 2 aromatic rings. The summed E-state index contributed by atoms with van der Waals surface area (Å²) in [4.78, 5) is 0. The Hall–Kier alpha value is -2.36. The maximum absolute atomic E-state index is 12.7. The number of hydrogen-bond acceptors (Lipinski definition) is 2. The number of rotatable bonds is 1. The molecule has 1 aliphatic rings. The number of phenols is 1. The Bertz CT molecular complexity index is 678. The lowest BCUT2D eigenvalue weighted by Crippen LogP contribution is -2.04. The van der Waals surface area contributed by atoms with E-state index in [1.807, 2.05) is 0 Å². The lowest BCUT2D eigenvalue weighted by molar-refractivity contribution is 0.151. The predicted molar refractivity (Wildman–Crippen MR) is 68.2 cm³/mol. The molecule has 0 bridgehead atoms. The monoisotopic (exact) mass is 260 g/mol. The van der Waals surface area contributed by atoms with Crippen molar-refractivity contribution >= 4 is 5.76 Å². The van der Waals surface area contributed by atoms with E-state index < -0.39 is 6.43 Å². The summed E-state index contributed by atoms with van der Waals surface area (Å²) in [6, 6.07) is 9.10. The first-order valence-corrected chi connectivity index (χ1v) is 5.69. The van der Waals surface area contributed by atoms with Crippen molar-refractivity contribution in [2.75, 3.05) is 0 Å². The number of benzene rings is 2. The summed E-state index contributed by atoms with van der Waals surface area (Å²) in [5.41, 5.74) is 2.10. The molecule has 2 aromatic carbocycles. The summed E-state index contributed by atoms with van der Waals surface area (Å²) in [7, 11) is 0. The van der Waals surface area contributed by atoms with Crippen molar-refractivity contribution in [1.82, 2.24) is 0 Å². The largest absolute Gasteiger partial charge is 0.508 e. The molecule has 0 fully saturated rings. The van der Waals surface area contributed by atoms with Crippen molar-refractivity contribution in [3.63, 3.8) is 0 Å². The van der Waals surface area contributed by atoms with Crippen LogP contribution in [0.15, 0.2) is 43.0 Å². The number of fused-ring (bicyclic) bond motifs is 3. The van der Waals surface area contributed by atoms with Gasteiger partial charge in [-0.1, -0.05) is 18.7 Å². The molecule has 0 saturated carbocycles. The normalized spacial score (nSPS) is 12.9. The van der Waals surface area contributed by atoms with Gasteiger partial charge in [0.05, 0.1) is 0 Å². The molecule has 1 aliphatic heterocycles. The molecule has 4 heteroatoms. The molecule has 3 rings (SSSR count). The number of ether oxygens (including phenoxy) is 1. The van der Waals surface area contributed by atoms with E-state index in [4.69, 9.17) is 4.74 Å². The van der Waals surface area contributed by atoms with Gasteiger partial charge in [-0.15, -0.1) is 0 Å². The van der Waals surface area contributed by atoms with Crippen LogP contribution in [0.5, 0.6) is 11.5 Å². The van der Waals surface area contributed by atoms with Crippen LogP contribution in [0.25, 0.3) is 16.9 Å². The van der Waals surface area contributed by atoms with Crippen LogP contribution in [0, 0.1) is 0 Å². The van der Waals surface area contributed by atoms with Crippen LogP contribution in [0.4, 0.5) is 8.78 Å². The standard InChI is InChI=1S/C15H10F2O2/c1-8-13-7-10(18)3-5-11(13)12-4-2-9(15(16)17)6-14(12)19-8/h2-7,15,18H,1H2. The number of halogens is 2. The highest BCUT2D eigenvalue weighted by Gasteiger charge is 2.22. The van der Waals surface area contributed by atoms with Crippen LogP contribution in [0.3, 0.4) is 0 Å². The summed E-state index contributed by atoms with van der Waals surface area (Å²) < 4.78 is 30.8. The van der Waals surface area contributed by atoms with Crippen LogP contribution in [0.1, 0.15) is 17.6 Å². The first-order chi connectivity index (χ1) is 9.06. The lowest BCUT2D eigenvalue weighted by Gasteiger charge is -2.22. The van der Waals surface area contributed by atoms with E-state index in [1.165, 1.54) is 12.1 Å². The van der Waals surface area contributed by atoms with Gasteiger partial charge in [0.15, 0.2) is 0 Å². The van der Waals surface area contributed by atoms with E-state index in [2.05, 4.69) is 6.58 Å². The Morgan fingerprint density at radius 3 is 2.47 bits per heavy atom. The number of aromatic hydroxyl groups is 1. The summed E-state index contributed by atoms with van der Waals surface area (Å²) in [6.07, 6.45) is -2.54. The molecule has 2 nitrogen and oxygen atoms in total. The molecule has 1 N–H and O–H groups in total. The fourth-order valence-electron chi connectivity index (χ4n) is 2.17. The van der Waals surface area contributed by atoms with Gasteiger partial charge in [-0.25, -0.2) is 8.78 Å². The van der Waals surface area contributed by atoms with Gasteiger partial charge in [0, 0.05) is 16.7 Å². The minimum Gasteiger partial charge on any atom is -0.508 e. The van der Waals surface area contributed by atoms with Crippen molar-refractivity contribution in [3.05, 3.63) is 54.1 Å². The van der Waals surface area contributed by atoms with Gasteiger partial charge in [0.1, 0.15) is 17.3 Å². The number of phenolic OH excluding ortho intramolecular Hbond substituents is 1. The second-order valence-electron chi connectivity index (χ2n) is 4.31. The highest BCUT2D eigenvalue weighted by molar-refractivity contribution is 5.87. The molecule has 0 aromatic heterocycles. The molecule has 0 unspecified atom stereocenters. The fraction of sp³-hybridized carbons (Fsp3) is 0.0667. The van der Waals surface area contributed by atoms with E-state index in [9.17, 15) is 13.9 Å². The van der Waals surface area contributed by atoms with Gasteiger partial charge in [0.2, 0.25) is 0 Å². The molecule has 0 spiro atoms. The zero-order valence-electron chi connectivity index (χ0n) is 9.86. The van der Waals surface area contributed by atoms with Gasteiger partial charge in [-0.05, 0) is 29.8 Å². The van der Waals surface area contributed by atoms with Crippen LogP contribution in [-0.4, -0.2) is 5.11 Å². The van der Waals surface area contributed by atoms with Crippen LogP contribution in [0.2, 0.25) is 0 Å². The van der Waals surface area contributed by atoms with Gasteiger partial charge in [0.25, 0.3) is 6.43 Å². The summed E-state index contributed by atoms with van der Waals surface area (Å²) in [6.45, 7) is 3.75. The molecule has 0 radical (unpaired) electrons. The first-order valence-electron chi connectivity index (χ1n) is 5.69. The van der Waals surface area contributed by atoms with Gasteiger partial charge >= 0.3 is 0 Å². The zero-order valence-corrected chi connectivity index (χ0v) is 9.86. The van der Waals surface area contributed by atoms with Crippen LogP contribution in [-0.2, 0) is 0 Å². The summed E-state index contributed by atoms with van der Waals surface area (Å²) >= 11 is 0. The van der Waals surface area contributed by atoms with E-state index in [1.54, 1.807) is 24.3 Å². The Balaban J connectivity index is 2.21. The second kappa shape index (κ2) is 4.09. The Morgan fingerprint density at radius 1 is 1.00 bits per heavy atom. The van der Waals surface area contributed by atoms with E-state index in [-0.39, 0.29) is 11.3 Å². The van der Waals surface area contributed by atoms with E-state index in [0.717, 1.165) is 5.56 Å². The molecule has 1 heterocycles. The average molecular weight is 260 g/mol. The second-order valence-corrected chi connectivity index (χ2v) is 4.31. The topological polar surface area (TPSA) is 29.5 Å². The Labute approximate surface area is 108 Å². The van der Waals surface area contributed by atoms with E-state index >= 15 is 0 Å². The molecular formula is C15H10F2O2. The van der Waals surface area contributed by atoms with Crippen molar-refractivity contribution in [1.29, 1.82) is 0 Å². The van der Waals surface area contributed by atoms with Crippen molar-refractivity contribution in [2.24, 2.45) is 0 Å². The van der Waals surface area contributed by atoms with Crippen molar-refractivity contribution in [2.45, 2.75) is 6.43 Å². The van der Waals surface area contributed by atoms with E-state index in [0.29, 0.717) is 22.6 Å². The zero-order chi connectivity index (χ0) is 13.6. The Morgan fingerprint density at radius 2 is 1.74 bits per heavy atom. The maximum Gasteiger partial charge on any atom is 0.263 e. The van der Waals surface area contributed by atoms with Crippen molar-refractivity contribution < 1.29 is 18.6 Å². The van der Waals surface area contributed by atoms with Gasteiger partial charge < -0.3 is 9.84 Å². The fourth-order valence-corrected chi connectivity index (χ4v) is 2.17. The average Bonchev–Trinajstić information content (AvgIpc) is 2.38. The number of alkyl halides is 2. The Kier molecular flexibility index (Phi) is 2.52. The van der Waals surface area contributed by atoms with Gasteiger partial charge in [-0.2, -0.15) is 0 Å². The lowest BCUT2D eigenvalue weighted by atomic mass is 9.94. The minimum absolute atomic E-state index is 0.0891. The van der Waals surface area contributed by atoms with Crippen molar-refractivity contribution in [3.8, 4) is 22.6 Å². The van der Waals surface area contributed by atoms with Crippen LogP contribution >= 0.6 is 0 Å². The summed E-state index contributed by atoms with van der Waals surface area (Å²) in [5, 5.41) is 9.48. The molecule has 0 aliphatic carbocycles. The molecule has 19 heavy (non-hydrogen) atoms. The molecule has 0 saturated heterocycles. The minimum atomic E-state index is -2.54. The summed E-state index contributed by atoms with van der Waals surface area (Å²) in [5.74, 6) is 0.807. The predicted octanol–water partition coefficient (Wildman–Crippen LogP) is 4.36. The molecular weight excluding hydrogens is 250 g/mol. The number of hydrogen-bond donors (Lipinski definition) is 1. The maximum atomic E-state index is 12.7. The third kappa shape index (κ3) is 1.85. The highest BCUT2D eigenvalue weighted by Crippen LogP contribution is 2.43. The molecule has 96 valence electrons. The SMILES string of the molecule is C=C1Oc2cc(C(F)F)ccc2-c2ccc(O)cc21. The third-order valence-corrected chi connectivity index (χ3v) is 3.08. The van der Waals surface area contributed by atoms with Crippen LogP contribution < -0.4 is 4.74 Å². The first kappa shape index (κ1) is 11.7. The third-order valence-electron chi connectivity index (χ3n) is 3.08. The highest BCUT2D eigenvalue weighted by atomic mass is 19.3. The molecule has 0 amide bonds. The molecule has 0 atom stereocenters.